The Morgan fingerprint density at radius 2 is 1.68 bits per heavy atom. The van der Waals surface area contributed by atoms with Crippen molar-refractivity contribution in [2.24, 2.45) is 5.92 Å². The summed E-state index contributed by atoms with van der Waals surface area (Å²) in [5.41, 5.74) is 0.281. The number of carbonyl (C=O) groups is 2. The van der Waals surface area contributed by atoms with Gasteiger partial charge in [0.05, 0.1) is 4.90 Å². The number of nitrogens with zero attached hydrogens (tertiary/aromatic N) is 3. The molecule has 0 bridgehead atoms. The number of carbonyl (C=O) groups excluding carboxylic acids is 2. The molecule has 3 aliphatic rings. The van der Waals surface area contributed by atoms with Crippen molar-refractivity contribution in [1.29, 1.82) is 0 Å². The summed E-state index contributed by atoms with van der Waals surface area (Å²) in [7, 11) is -0.390. The number of piperidine rings is 1. The van der Waals surface area contributed by atoms with Crippen LogP contribution in [0.2, 0.25) is 0 Å². The van der Waals surface area contributed by atoms with Crippen LogP contribution in [0, 0.1) is 5.92 Å². The Bertz CT molecular complexity index is 1040. The van der Waals surface area contributed by atoms with E-state index in [-0.39, 0.29) is 22.8 Å². The van der Waals surface area contributed by atoms with E-state index in [1.54, 1.807) is 12.1 Å². The summed E-state index contributed by atoms with van der Waals surface area (Å²) in [5, 5.41) is 3.16. The minimum Gasteiger partial charge on any atom is -0.342 e. The van der Waals surface area contributed by atoms with Crippen molar-refractivity contribution in [3.05, 3.63) is 29.8 Å². The molecular weight excluding hydrogens is 488 g/mol. The smallest absolute Gasteiger partial charge is 0.246 e. The average molecular weight is 533 g/mol. The van der Waals surface area contributed by atoms with Crippen LogP contribution >= 0.6 is 0 Å². The van der Waals surface area contributed by atoms with E-state index < -0.39 is 15.6 Å². The first kappa shape index (κ1) is 28.0. The van der Waals surface area contributed by atoms with Gasteiger partial charge in [-0.2, -0.15) is 0 Å². The SMILES string of the molecule is CCCCN1C(=O)[C@H](CC2CCCCC2)NC(=O)C12CCN(Cc1ccc(S(=O)(=O)N(C)C)cc1)CC2. The average Bonchev–Trinajstić information content (AvgIpc) is 2.89. The molecule has 0 aromatic heterocycles. The van der Waals surface area contributed by atoms with Crippen LogP contribution in [0.1, 0.15) is 76.7 Å². The van der Waals surface area contributed by atoms with Crippen LogP contribution in [-0.4, -0.2) is 79.6 Å². The Morgan fingerprint density at radius 3 is 2.27 bits per heavy atom. The number of amides is 2. The molecule has 206 valence electrons. The van der Waals surface area contributed by atoms with Crippen molar-refractivity contribution >= 4 is 21.8 Å². The highest BCUT2D eigenvalue weighted by atomic mass is 32.2. The van der Waals surface area contributed by atoms with Crippen molar-refractivity contribution in [3.63, 3.8) is 0 Å². The van der Waals surface area contributed by atoms with Gasteiger partial charge in [0.1, 0.15) is 11.6 Å². The molecule has 3 fully saturated rings. The molecule has 2 amide bonds. The second-order valence-electron chi connectivity index (χ2n) is 11.3. The Kier molecular flexibility index (Phi) is 8.96. The fourth-order valence-electron chi connectivity index (χ4n) is 6.25. The van der Waals surface area contributed by atoms with Crippen LogP contribution in [0.4, 0.5) is 0 Å². The van der Waals surface area contributed by atoms with Crippen LogP contribution in [0.5, 0.6) is 0 Å². The van der Waals surface area contributed by atoms with E-state index in [2.05, 4.69) is 17.1 Å². The molecule has 37 heavy (non-hydrogen) atoms. The van der Waals surface area contributed by atoms with Gasteiger partial charge in [-0.3, -0.25) is 14.5 Å². The van der Waals surface area contributed by atoms with E-state index in [0.717, 1.165) is 37.7 Å². The summed E-state index contributed by atoms with van der Waals surface area (Å²) in [5.74, 6) is 0.678. The molecule has 1 atom stereocenters. The first-order valence-electron chi connectivity index (χ1n) is 14.0. The first-order chi connectivity index (χ1) is 17.7. The van der Waals surface area contributed by atoms with Gasteiger partial charge in [0.15, 0.2) is 0 Å². The van der Waals surface area contributed by atoms with Gasteiger partial charge in [-0.25, -0.2) is 12.7 Å². The molecule has 1 aromatic rings. The summed E-state index contributed by atoms with van der Waals surface area (Å²) in [4.78, 5) is 31.8. The van der Waals surface area contributed by atoms with Crippen LogP contribution in [0.25, 0.3) is 0 Å². The van der Waals surface area contributed by atoms with E-state index in [9.17, 15) is 18.0 Å². The number of rotatable bonds is 9. The third-order valence-electron chi connectivity index (χ3n) is 8.63. The molecule has 1 spiro atoms. The largest absolute Gasteiger partial charge is 0.342 e. The standard InChI is InChI=1S/C28H44N4O4S/c1-4-5-17-32-26(33)25(20-22-9-7-6-8-10-22)29-27(34)28(32)15-18-31(19-16-28)21-23-11-13-24(14-12-23)37(35,36)30(2)3/h11-14,22,25H,4-10,15-21H2,1-3H3,(H,29,34)/t25-/m0/s1. The third kappa shape index (κ3) is 6.04. The maximum atomic E-state index is 13.7. The van der Waals surface area contributed by atoms with E-state index >= 15 is 0 Å². The number of nitrogens with one attached hydrogen (secondary N) is 1. The van der Waals surface area contributed by atoms with Crippen LogP contribution in [-0.2, 0) is 26.2 Å². The minimum atomic E-state index is -3.45. The number of sulfonamides is 1. The zero-order valence-corrected chi connectivity index (χ0v) is 23.6. The maximum Gasteiger partial charge on any atom is 0.246 e. The molecule has 1 N–H and O–H groups in total. The number of likely N-dealkylation sites (tertiary alicyclic amines) is 1. The summed E-state index contributed by atoms with van der Waals surface area (Å²) in [6.07, 6.45) is 9.98. The zero-order valence-electron chi connectivity index (χ0n) is 22.7. The van der Waals surface area contributed by atoms with Gasteiger partial charge in [-0.1, -0.05) is 57.6 Å². The van der Waals surface area contributed by atoms with Crippen molar-refractivity contribution < 1.29 is 18.0 Å². The lowest BCUT2D eigenvalue weighted by molar-refractivity contribution is -0.162. The van der Waals surface area contributed by atoms with E-state index in [1.165, 1.54) is 37.7 Å². The minimum absolute atomic E-state index is 0.0295. The molecule has 8 nitrogen and oxygen atoms in total. The predicted octanol–water partition coefficient (Wildman–Crippen LogP) is 3.37. The molecule has 9 heteroatoms. The van der Waals surface area contributed by atoms with Crippen molar-refractivity contribution in [3.8, 4) is 0 Å². The Morgan fingerprint density at radius 1 is 1.03 bits per heavy atom. The van der Waals surface area contributed by atoms with E-state index in [1.807, 2.05) is 17.0 Å². The second-order valence-corrected chi connectivity index (χ2v) is 13.5. The molecule has 2 saturated heterocycles. The number of hydrogen-bond acceptors (Lipinski definition) is 5. The van der Waals surface area contributed by atoms with Crippen LogP contribution < -0.4 is 5.32 Å². The van der Waals surface area contributed by atoms with Crippen molar-refractivity contribution in [1.82, 2.24) is 19.4 Å². The summed E-state index contributed by atoms with van der Waals surface area (Å²) in [6.45, 7) is 4.89. The molecule has 0 unspecified atom stereocenters. The number of benzene rings is 1. The Hall–Kier alpha value is -1.97. The molecule has 2 heterocycles. The lowest BCUT2D eigenvalue weighted by Crippen LogP contribution is -2.73. The molecule has 0 radical (unpaired) electrons. The quantitative estimate of drug-likeness (QED) is 0.527. The van der Waals surface area contributed by atoms with Crippen molar-refractivity contribution in [2.45, 2.75) is 94.2 Å². The molecule has 2 aliphatic heterocycles. The van der Waals surface area contributed by atoms with Crippen LogP contribution in [0.15, 0.2) is 29.2 Å². The monoisotopic (exact) mass is 532 g/mol. The molecule has 4 rings (SSSR count). The van der Waals surface area contributed by atoms with Crippen molar-refractivity contribution in [2.75, 3.05) is 33.7 Å². The zero-order chi connectivity index (χ0) is 26.6. The molecule has 1 saturated carbocycles. The van der Waals surface area contributed by atoms with Gasteiger partial charge in [0.2, 0.25) is 21.8 Å². The first-order valence-corrected chi connectivity index (χ1v) is 15.5. The van der Waals surface area contributed by atoms with Gasteiger partial charge in [0, 0.05) is 40.3 Å². The highest BCUT2D eigenvalue weighted by Crippen LogP contribution is 2.36. The lowest BCUT2D eigenvalue weighted by Gasteiger charge is -2.52. The normalized spacial score (nSPS) is 23.6. The summed E-state index contributed by atoms with van der Waals surface area (Å²) < 4.78 is 25.9. The second kappa shape index (κ2) is 11.8. The Balaban J connectivity index is 1.41. The van der Waals surface area contributed by atoms with Gasteiger partial charge in [-0.15, -0.1) is 0 Å². The third-order valence-corrected chi connectivity index (χ3v) is 10.5. The number of piperazine rings is 1. The summed E-state index contributed by atoms with van der Waals surface area (Å²) >= 11 is 0. The highest BCUT2D eigenvalue weighted by Gasteiger charge is 2.53. The number of unbranched alkanes of at least 4 members (excludes halogenated alkanes) is 1. The maximum absolute atomic E-state index is 13.7. The highest BCUT2D eigenvalue weighted by molar-refractivity contribution is 7.89. The Labute approximate surface area is 222 Å². The van der Waals surface area contributed by atoms with Gasteiger partial charge in [0.25, 0.3) is 0 Å². The van der Waals surface area contributed by atoms with Crippen LogP contribution in [0.3, 0.4) is 0 Å². The topological polar surface area (TPSA) is 90.0 Å². The predicted molar refractivity (Wildman–Crippen MR) is 144 cm³/mol. The van der Waals surface area contributed by atoms with Gasteiger partial charge < -0.3 is 10.2 Å². The van der Waals surface area contributed by atoms with E-state index in [0.29, 0.717) is 44.9 Å². The fraction of sp³-hybridized carbons (Fsp3) is 0.714. The molecule has 1 aliphatic carbocycles. The fourth-order valence-corrected chi connectivity index (χ4v) is 7.15. The lowest BCUT2D eigenvalue weighted by atomic mass is 9.79. The summed E-state index contributed by atoms with van der Waals surface area (Å²) in [6, 6.07) is 6.65. The van der Waals surface area contributed by atoms with E-state index in [4.69, 9.17) is 0 Å². The van der Waals surface area contributed by atoms with Gasteiger partial charge >= 0.3 is 0 Å². The number of hydrogen-bond donors (Lipinski definition) is 1. The molecule has 1 aromatic carbocycles. The van der Waals surface area contributed by atoms with Gasteiger partial charge in [-0.05, 0) is 49.3 Å². The molecular formula is C28H44N4O4S.